The van der Waals surface area contributed by atoms with E-state index in [2.05, 4.69) is 0 Å². The average Bonchev–Trinajstić information content (AvgIpc) is 2.21. The highest BCUT2D eigenvalue weighted by atomic mass is 35.5. The Morgan fingerprint density at radius 1 is 1.36 bits per heavy atom. The number of Topliss-reactive ketones (excluding diaryl/α,β-unsaturated/α-hetero) is 1. The lowest BCUT2D eigenvalue weighted by molar-refractivity contribution is 0.0595. The second-order valence-electron chi connectivity index (χ2n) is 2.86. The van der Waals surface area contributed by atoms with Gasteiger partial charge in [-0.2, -0.15) is 0 Å². The minimum atomic E-state index is -0.303. The highest BCUT2D eigenvalue weighted by Gasteiger charge is 2.16. The SMILES string of the molecule is CCC(OC)C(=O)c1ccccc1.Cl. The van der Waals surface area contributed by atoms with Crippen LogP contribution >= 0.6 is 12.4 Å². The number of carbonyl (C=O) groups is 1. The van der Waals surface area contributed by atoms with E-state index in [1.807, 2.05) is 37.3 Å². The van der Waals surface area contributed by atoms with E-state index in [9.17, 15) is 4.79 Å². The van der Waals surface area contributed by atoms with E-state index in [0.29, 0.717) is 6.42 Å². The molecule has 3 heteroatoms. The first-order valence-corrected chi connectivity index (χ1v) is 4.41. The van der Waals surface area contributed by atoms with Crippen LogP contribution in [0.1, 0.15) is 23.7 Å². The van der Waals surface area contributed by atoms with Crippen LogP contribution in [-0.2, 0) is 4.74 Å². The third-order valence-electron chi connectivity index (χ3n) is 2.01. The quantitative estimate of drug-likeness (QED) is 0.721. The van der Waals surface area contributed by atoms with Crippen molar-refractivity contribution in [3.8, 4) is 0 Å². The maximum Gasteiger partial charge on any atom is 0.191 e. The second-order valence-corrected chi connectivity index (χ2v) is 2.86. The molecule has 0 amide bonds. The summed E-state index contributed by atoms with van der Waals surface area (Å²) in [6, 6.07) is 9.23. The van der Waals surface area contributed by atoms with Gasteiger partial charge >= 0.3 is 0 Å². The van der Waals surface area contributed by atoms with Gasteiger partial charge in [0, 0.05) is 12.7 Å². The summed E-state index contributed by atoms with van der Waals surface area (Å²) >= 11 is 0. The summed E-state index contributed by atoms with van der Waals surface area (Å²) in [6.45, 7) is 1.94. The topological polar surface area (TPSA) is 26.3 Å². The normalized spacial score (nSPS) is 11.6. The molecule has 1 aromatic carbocycles. The third-order valence-corrected chi connectivity index (χ3v) is 2.01. The summed E-state index contributed by atoms with van der Waals surface area (Å²) in [5, 5.41) is 0. The summed E-state index contributed by atoms with van der Waals surface area (Å²) < 4.78 is 5.07. The summed E-state index contributed by atoms with van der Waals surface area (Å²) in [7, 11) is 1.56. The number of ketones is 1. The average molecular weight is 215 g/mol. The number of hydrogen-bond acceptors (Lipinski definition) is 2. The number of rotatable bonds is 4. The molecule has 0 N–H and O–H groups in total. The van der Waals surface area contributed by atoms with E-state index >= 15 is 0 Å². The number of hydrogen-bond donors (Lipinski definition) is 0. The number of halogens is 1. The molecule has 14 heavy (non-hydrogen) atoms. The fourth-order valence-electron chi connectivity index (χ4n) is 1.25. The first kappa shape index (κ1) is 13.1. The first-order chi connectivity index (χ1) is 6.29. The van der Waals surface area contributed by atoms with Crippen molar-refractivity contribution in [2.45, 2.75) is 19.4 Å². The zero-order chi connectivity index (χ0) is 9.68. The standard InChI is InChI=1S/C11H14O2.ClH/c1-3-10(13-2)11(12)9-7-5-4-6-8-9;/h4-8,10H,3H2,1-2H3;1H. The van der Waals surface area contributed by atoms with Crippen molar-refractivity contribution in [3.63, 3.8) is 0 Å². The molecular formula is C11H15ClO2. The molecule has 0 saturated carbocycles. The molecule has 0 radical (unpaired) electrons. The van der Waals surface area contributed by atoms with Crippen LogP contribution in [0.4, 0.5) is 0 Å². The van der Waals surface area contributed by atoms with Crippen molar-refractivity contribution in [2.24, 2.45) is 0 Å². The van der Waals surface area contributed by atoms with Crippen molar-refractivity contribution >= 4 is 18.2 Å². The number of benzene rings is 1. The summed E-state index contributed by atoms with van der Waals surface area (Å²) in [5.41, 5.74) is 0.719. The molecule has 0 aliphatic rings. The lowest BCUT2D eigenvalue weighted by Crippen LogP contribution is -2.21. The number of methoxy groups -OCH3 is 1. The van der Waals surface area contributed by atoms with E-state index in [1.54, 1.807) is 7.11 Å². The smallest absolute Gasteiger partial charge is 0.191 e. The van der Waals surface area contributed by atoms with Gasteiger partial charge in [0.15, 0.2) is 5.78 Å². The van der Waals surface area contributed by atoms with Crippen molar-refractivity contribution in [1.82, 2.24) is 0 Å². The monoisotopic (exact) mass is 214 g/mol. The van der Waals surface area contributed by atoms with Crippen molar-refractivity contribution in [3.05, 3.63) is 35.9 Å². The molecule has 1 aromatic rings. The van der Waals surface area contributed by atoms with Gasteiger partial charge in [-0.15, -0.1) is 12.4 Å². The molecule has 1 unspecified atom stereocenters. The summed E-state index contributed by atoms with van der Waals surface area (Å²) in [4.78, 5) is 11.7. The molecule has 0 aliphatic carbocycles. The van der Waals surface area contributed by atoms with Crippen LogP contribution in [0.15, 0.2) is 30.3 Å². The summed E-state index contributed by atoms with van der Waals surface area (Å²) in [5.74, 6) is 0.0607. The molecule has 0 aromatic heterocycles. The highest BCUT2D eigenvalue weighted by Crippen LogP contribution is 2.07. The maximum atomic E-state index is 11.7. The van der Waals surface area contributed by atoms with Crippen LogP contribution in [-0.4, -0.2) is 19.0 Å². The molecule has 1 atom stereocenters. The van der Waals surface area contributed by atoms with E-state index in [0.717, 1.165) is 5.56 Å². The van der Waals surface area contributed by atoms with Gasteiger partial charge in [0.05, 0.1) is 0 Å². The molecule has 78 valence electrons. The third kappa shape index (κ3) is 3.13. The van der Waals surface area contributed by atoms with Crippen molar-refractivity contribution in [2.75, 3.05) is 7.11 Å². The predicted octanol–water partition coefficient (Wildman–Crippen LogP) is 2.72. The van der Waals surface area contributed by atoms with E-state index in [-0.39, 0.29) is 24.3 Å². The molecule has 1 rings (SSSR count). The van der Waals surface area contributed by atoms with Crippen LogP contribution in [0, 0.1) is 0 Å². The van der Waals surface area contributed by atoms with Gasteiger partial charge in [-0.3, -0.25) is 4.79 Å². The van der Waals surface area contributed by atoms with Crippen LogP contribution in [0.5, 0.6) is 0 Å². The zero-order valence-electron chi connectivity index (χ0n) is 8.40. The van der Waals surface area contributed by atoms with E-state index in [1.165, 1.54) is 0 Å². The van der Waals surface area contributed by atoms with Gasteiger partial charge in [-0.05, 0) is 6.42 Å². The molecule has 0 aliphatic heterocycles. The predicted molar refractivity (Wildman–Crippen MR) is 59.1 cm³/mol. The Bertz CT molecular complexity index is 268. The van der Waals surface area contributed by atoms with Crippen molar-refractivity contribution in [1.29, 1.82) is 0 Å². The molecule has 0 spiro atoms. The molecule has 0 saturated heterocycles. The molecule has 0 fully saturated rings. The van der Waals surface area contributed by atoms with Crippen molar-refractivity contribution < 1.29 is 9.53 Å². The van der Waals surface area contributed by atoms with Gasteiger partial charge in [0.25, 0.3) is 0 Å². The number of carbonyl (C=O) groups excluding carboxylic acids is 1. The van der Waals surface area contributed by atoms with Crippen LogP contribution in [0.2, 0.25) is 0 Å². The Balaban J connectivity index is 0.00000169. The van der Waals surface area contributed by atoms with E-state index in [4.69, 9.17) is 4.74 Å². The Kier molecular flexibility index (Phi) is 6.17. The Morgan fingerprint density at radius 3 is 2.36 bits per heavy atom. The Labute approximate surface area is 90.7 Å². The Hall–Kier alpha value is -0.860. The van der Waals surface area contributed by atoms with Gasteiger partial charge in [0.2, 0.25) is 0 Å². The zero-order valence-corrected chi connectivity index (χ0v) is 9.21. The van der Waals surface area contributed by atoms with Crippen LogP contribution in [0.3, 0.4) is 0 Å². The first-order valence-electron chi connectivity index (χ1n) is 4.41. The summed E-state index contributed by atoms with van der Waals surface area (Å²) in [6.07, 6.45) is 0.409. The van der Waals surface area contributed by atoms with Crippen LogP contribution < -0.4 is 0 Å². The van der Waals surface area contributed by atoms with Gasteiger partial charge < -0.3 is 4.74 Å². The lowest BCUT2D eigenvalue weighted by atomic mass is 10.0. The van der Waals surface area contributed by atoms with Gasteiger partial charge in [0.1, 0.15) is 6.10 Å². The second kappa shape index (κ2) is 6.57. The molecule has 0 heterocycles. The molecular weight excluding hydrogens is 200 g/mol. The van der Waals surface area contributed by atoms with Gasteiger partial charge in [-0.1, -0.05) is 37.3 Å². The Morgan fingerprint density at radius 2 is 1.93 bits per heavy atom. The largest absolute Gasteiger partial charge is 0.373 e. The number of ether oxygens (including phenoxy) is 1. The van der Waals surface area contributed by atoms with E-state index < -0.39 is 0 Å². The maximum absolute atomic E-state index is 11.7. The highest BCUT2D eigenvalue weighted by molar-refractivity contribution is 5.99. The van der Waals surface area contributed by atoms with Gasteiger partial charge in [-0.25, -0.2) is 0 Å². The minimum absolute atomic E-state index is 0. The fourth-order valence-corrected chi connectivity index (χ4v) is 1.25. The molecule has 2 nitrogen and oxygen atoms in total. The lowest BCUT2D eigenvalue weighted by Gasteiger charge is -2.10. The molecule has 0 bridgehead atoms. The minimum Gasteiger partial charge on any atom is -0.373 e. The fraction of sp³-hybridized carbons (Fsp3) is 0.364. The van der Waals surface area contributed by atoms with Crippen LogP contribution in [0.25, 0.3) is 0 Å².